The predicted octanol–water partition coefficient (Wildman–Crippen LogP) is 3.59. The molecule has 2 N–H and O–H groups in total. The normalized spacial score (nSPS) is 12.4. The van der Waals surface area contributed by atoms with Crippen LogP contribution in [0.4, 0.5) is 22.0 Å². The molecule has 2 aromatic heterocycles. The molecule has 29 heavy (non-hydrogen) atoms. The molecular formula is C19H12F5N3O2. The lowest BCUT2D eigenvalue weighted by Crippen LogP contribution is -2.31. The fourth-order valence-electron chi connectivity index (χ4n) is 2.63. The van der Waals surface area contributed by atoms with Crippen molar-refractivity contribution in [1.82, 2.24) is 15.3 Å². The highest BCUT2D eigenvalue weighted by Gasteiger charge is 2.34. The summed E-state index contributed by atoms with van der Waals surface area (Å²) in [7, 11) is 0. The number of halogens is 5. The SMILES string of the molecule is O=C(N[C@@H](c1ccc(C(F)(F)F)c(F)c1)c1ncccc1F)c1ccc(=O)[nH]c1. The Labute approximate surface area is 160 Å². The first-order valence-corrected chi connectivity index (χ1v) is 8.13. The van der Waals surface area contributed by atoms with E-state index in [9.17, 15) is 31.5 Å². The molecule has 0 radical (unpaired) electrons. The van der Waals surface area contributed by atoms with E-state index in [1.165, 1.54) is 18.3 Å². The second-order valence-electron chi connectivity index (χ2n) is 5.96. The van der Waals surface area contributed by atoms with Gasteiger partial charge < -0.3 is 10.3 Å². The van der Waals surface area contributed by atoms with Crippen molar-refractivity contribution < 1.29 is 26.7 Å². The van der Waals surface area contributed by atoms with E-state index < -0.39 is 40.9 Å². The van der Waals surface area contributed by atoms with Crippen LogP contribution in [-0.4, -0.2) is 15.9 Å². The lowest BCUT2D eigenvalue weighted by atomic mass is 10.00. The number of alkyl halides is 3. The lowest BCUT2D eigenvalue weighted by molar-refractivity contribution is -0.140. The number of nitrogens with one attached hydrogen (secondary N) is 2. The first kappa shape index (κ1) is 20.2. The molecule has 3 aromatic rings. The number of pyridine rings is 2. The summed E-state index contributed by atoms with van der Waals surface area (Å²) < 4.78 is 66.8. The summed E-state index contributed by atoms with van der Waals surface area (Å²) in [5.41, 5.74) is -2.42. The minimum absolute atomic E-state index is 0.00155. The molecule has 0 spiro atoms. The predicted molar refractivity (Wildman–Crippen MR) is 92.0 cm³/mol. The molecule has 5 nitrogen and oxygen atoms in total. The Morgan fingerprint density at radius 2 is 1.83 bits per heavy atom. The third-order valence-electron chi connectivity index (χ3n) is 4.01. The lowest BCUT2D eigenvalue weighted by Gasteiger charge is -2.20. The standard InChI is InChI=1S/C19H12F5N3O2/c20-13-2-1-7-25-17(13)16(27-18(29)11-4-6-15(28)26-9-11)10-3-5-12(14(21)8-10)19(22,23)24/h1-9,16H,(H,26,28)(H,27,29)/t16-/m0/s1. The van der Waals surface area contributed by atoms with Crippen LogP contribution in [0.2, 0.25) is 0 Å². The van der Waals surface area contributed by atoms with E-state index in [2.05, 4.69) is 15.3 Å². The number of benzene rings is 1. The zero-order chi connectivity index (χ0) is 21.2. The maximum absolute atomic E-state index is 14.3. The van der Waals surface area contributed by atoms with Crippen LogP contribution in [0.15, 0.2) is 59.7 Å². The average molecular weight is 409 g/mol. The van der Waals surface area contributed by atoms with Gasteiger partial charge in [-0.25, -0.2) is 8.78 Å². The quantitative estimate of drug-likeness (QED) is 0.647. The number of amides is 1. The second-order valence-corrected chi connectivity index (χ2v) is 5.96. The van der Waals surface area contributed by atoms with Gasteiger partial charge in [-0.2, -0.15) is 13.2 Å². The summed E-state index contributed by atoms with van der Waals surface area (Å²) in [6.07, 6.45) is -2.58. The maximum Gasteiger partial charge on any atom is 0.419 e. The number of carbonyl (C=O) groups excluding carboxylic acids is 1. The molecule has 10 heteroatoms. The molecule has 0 aliphatic carbocycles. The molecule has 1 atom stereocenters. The van der Waals surface area contributed by atoms with Crippen LogP contribution >= 0.6 is 0 Å². The van der Waals surface area contributed by atoms with Crippen molar-refractivity contribution >= 4 is 5.91 Å². The molecule has 2 heterocycles. The summed E-state index contributed by atoms with van der Waals surface area (Å²) >= 11 is 0. The monoisotopic (exact) mass is 409 g/mol. The van der Waals surface area contributed by atoms with Crippen LogP contribution in [0.1, 0.15) is 33.2 Å². The van der Waals surface area contributed by atoms with Crippen molar-refractivity contribution in [3.8, 4) is 0 Å². The van der Waals surface area contributed by atoms with Crippen molar-refractivity contribution in [3.63, 3.8) is 0 Å². The topological polar surface area (TPSA) is 74.8 Å². The number of hydrogen-bond donors (Lipinski definition) is 2. The molecule has 0 saturated heterocycles. The summed E-state index contributed by atoms with van der Waals surface area (Å²) in [4.78, 5) is 29.7. The number of nitrogens with zero attached hydrogens (tertiary/aromatic N) is 1. The Morgan fingerprint density at radius 1 is 1.07 bits per heavy atom. The van der Waals surface area contributed by atoms with Gasteiger partial charge >= 0.3 is 6.18 Å². The molecule has 1 amide bonds. The van der Waals surface area contributed by atoms with Gasteiger partial charge in [-0.05, 0) is 35.9 Å². The molecule has 0 bridgehead atoms. The molecule has 0 unspecified atom stereocenters. The maximum atomic E-state index is 14.3. The summed E-state index contributed by atoms with van der Waals surface area (Å²) in [5.74, 6) is -3.20. The first-order valence-electron chi connectivity index (χ1n) is 8.13. The Morgan fingerprint density at radius 3 is 2.41 bits per heavy atom. The largest absolute Gasteiger partial charge is 0.419 e. The number of carbonyl (C=O) groups is 1. The van der Waals surface area contributed by atoms with Gasteiger partial charge in [0.15, 0.2) is 0 Å². The molecule has 3 rings (SSSR count). The van der Waals surface area contributed by atoms with Crippen molar-refractivity contribution in [1.29, 1.82) is 0 Å². The summed E-state index contributed by atoms with van der Waals surface area (Å²) in [6.45, 7) is 0. The van der Waals surface area contributed by atoms with Crippen LogP contribution in [0, 0.1) is 11.6 Å². The van der Waals surface area contributed by atoms with Gasteiger partial charge in [0.05, 0.1) is 17.2 Å². The third kappa shape index (κ3) is 4.48. The van der Waals surface area contributed by atoms with Gasteiger partial charge in [0, 0.05) is 18.5 Å². The Balaban J connectivity index is 2.03. The van der Waals surface area contributed by atoms with E-state index in [1.54, 1.807) is 0 Å². The van der Waals surface area contributed by atoms with Gasteiger partial charge in [-0.1, -0.05) is 6.07 Å². The third-order valence-corrected chi connectivity index (χ3v) is 4.01. The molecular weight excluding hydrogens is 397 g/mol. The van der Waals surface area contributed by atoms with Gasteiger partial charge in [-0.15, -0.1) is 0 Å². The Hall–Kier alpha value is -3.56. The van der Waals surface area contributed by atoms with E-state index in [0.29, 0.717) is 12.1 Å². The summed E-state index contributed by atoms with van der Waals surface area (Å²) in [5, 5.41) is 2.40. The fourth-order valence-corrected chi connectivity index (χ4v) is 2.63. The van der Waals surface area contributed by atoms with Crippen molar-refractivity contribution in [2.24, 2.45) is 0 Å². The molecule has 150 valence electrons. The Bertz CT molecular complexity index is 1090. The van der Waals surface area contributed by atoms with E-state index >= 15 is 0 Å². The fraction of sp³-hybridized carbons (Fsp3) is 0.105. The highest BCUT2D eigenvalue weighted by molar-refractivity contribution is 5.94. The van der Waals surface area contributed by atoms with E-state index in [4.69, 9.17) is 0 Å². The second kappa shape index (κ2) is 7.82. The number of rotatable bonds is 4. The van der Waals surface area contributed by atoms with Gasteiger partial charge in [0.25, 0.3) is 5.91 Å². The Kier molecular flexibility index (Phi) is 5.44. The van der Waals surface area contributed by atoms with Crippen molar-refractivity contribution in [3.05, 3.63) is 99.2 Å². The van der Waals surface area contributed by atoms with Gasteiger partial charge in [0.1, 0.15) is 17.3 Å². The van der Waals surface area contributed by atoms with E-state index in [1.807, 2.05) is 0 Å². The van der Waals surface area contributed by atoms with Crippen molar-refractivity contribution in [2.45, 2.75) is 12.2 Å². The first-order chi connectivity index (χ1) is 13.7. The van der Waals surface area contributed by atoms with E-state index in [0.717, 1.165) is 24.4 Å². The van der Waals surface area contributed by atoms with Gasteiger partial charge in [0.2, 0.25) is 5.56 Å². The minimum Gasteiger partial charge on any atom is -0.339 e. The minimum atomic E-state index is -4.91. The van der Waals surface area contributed by atoms with Crippen LogP contribution in [0.3, 0.4) is 0 Å². The van der Waals surface area contributed by atoms with E-state index in [-0.39, 0.29) is 16.8 Å². The number of hydrogen-bond acceptors (Lipinski definition) is 3. The zero-order valence-corrected chi connectivity index (χ0v) is 14.4. The van der Waals surface area contributed by atoms with Gasteiger partial charge in [-0.3, -0.25) is 14.6 Å². The van der Waals surface area contributed by atoms with Crippen LogP contribution in [0.25, 0.3) is 0 Å². The highest BCUT2D eigenvalue weighted by atomic mass is 19.4. The molecule has 1 aromatic carbocycles. The average Bonchev–Trinajstić information content (AvgIpc) is 2.66. The molecule has 0 saturated carbocycles. The molecule has 0 aliphatic rings. The van der Waals surface area contributed by atoms with Crippen LogP contribution in [0.5, 0.6) is 0 Å². The highest BCUT2D eigenvalue weighted by Crippen LogP contribution is 2.33. The number of aromatic nitrogens is 2. The van der Waals surface area contributed by atoms with Crippen LogP contribution < -0.4 is 10.9 Å². The smallest absolute Gasteiger partial charge is 0.339 e. The number of H-pyrrole nitrogens is 1. The molecule has 0 aliphatic heterocycles. The number of aromatic amines is 1. The van der Waals surface area contributed by atoms with Crippen LogP contribution in [-0.2, 0) is 6.18 Å². The molecule has 0 fully saturated rings. The summed E-state index contributed by atoms with van der Waals surface area (Å²) in [6, 6.07) is 5.23. The van der Waals surface area contributed by atoms with Crippen molar-refractivity contribution in [2.75, 3.05) is 0 Å². The zero-order valence-electron chi connectivity index (χ0n) is 14.4.